The molecule has 0 aliphatic rings. The lowest BCUT2D eigenvalue weighted by atomic mass is 10.0. The lowest BCUT2D eigenvalue weighted by Crippen LogP contribution is -2.55. The number of aliphatic carboxylic acids is 1. The van der Waals surface area contributed by atoms with Crippen LogP contribution in [0.25, 0.3) is 10.8 Å². The van der Waals surface area contributed by atoms with Crippen molar-refractivity contribution in [1.82, 2.24) is 10.6 Å². The Morgan fingerprint density at radius 1 is 0.705 bits per heavy atom. The van der Waals surface area contributed by atoms with Gasteiger partial charge in [0.1, 0.15) is 41.7 Å². The molecule has 0 aromatic heterocycles. The number of carbonyl (C=O) groups excluding carboxylic acids is 3. The Balaban J connectivity index is 1.32. The third-order valence-electron chi connectivity index (χ3n) is 6.64. The molecule has 0 aliphatic heterocycles. The summed E-state index contributed by atoms with van der Waals surface area (Å²) in [6.07, 6.45) is -0.652. The normalized spacial score (nSPS) is 12.2. The van der Waals surface area contributed by atoms with Gasteiger partial charge < -0.3 is 30.0 Å². The van der Waals surface area contributed by atoms with Crippen LogP contribution in [-0.2, 0) is 19.2 Å². The van der Waals surface area contributed by atoms with Gasteiger partial charge in [-0.2, -0.15) is 0 Å². The van der Waals surface area contributed by atoms with Gasteiger partial charge >= 0.3 is 5.97 Å². The summed E-state index contributed by atoms with van der Waals surface area (Å²) >= 11 is 0. The van der Waals surface area contributed by atoms with Crippen LogP contribution < -0.4 is 24.8 Å². The molecule has 3 N–H and O–H groups in total. The number of nitrogens with one attached hydrogen (secondary N) is 2. The number of rotatable bonds is 15. The molecule has 10 nitrogen and oxygen atoms in total. The molecule has 0 radical (unpaired) electrons. The number of hydrogen-bond donors (Lipinski definition) is 3. The van der Waals surface area contributed by atoms with E-state index in [1.807, 2.05) is 66.7 Å². The average Bonchev–Trinajstić information content (AvgIpc) is 3.02. The van der Waals surface area contributed by atoms with E-state index in [9.17, 15) is 24.3 Å². The highest BCUT2D eigenvalue weighted by Gasteiger charge is 2.30. The fraction of sp³-hybridized carbons (Fsp3) is 0.235. The predicted octanol–water partition coefficient (Wildman–Crippen LogP) is 4.76. The number of para-hydroxylation sites is 1. The first kappa shape index (κ1) is 31.6. The number of ether oxygens (including phenoxy) is 3. The number of fused-ring (bicyclic) bond motifs is 1. The van der Waals surface area contributed by atoms with Crippen LogP contribution in [0.3, 0.4) is 0 Å². The number of benzene rings is 4. The van der Waals surface area contributed by atoms with E-state index in [4.69, 9.17) is 14.2 Å². The fourth-order valence-electron chi connectivity index (χ4n) is 4.38. The molecule has 0 saturated heterocycles. The van der Waals surface area contributed by atoms with Crippen LogP contribution in [0.15, 0.2) is 97.1 Å². The van der Waals surface area contributed by atoms with Gasteiger partial charge in [-0.25, -0.2) is 0 Å². The highest BCUT2D eigenvalue weighted by Crippen LogP contribution is 2.25. The number of ketones is 1. The van der Waals surface area contributed by atoms with E-state index in [2.05, 4.69) is 10.6 Å². The minimum absolute atomic E-state index is 0.342. The van der Waals surface area contributed by atoms with Crippen molar-refractivity contribution in [2.75, 3.05) is 13.2 Å². The minimum atomic E-state index is -1.37. The lowest BCUT2D eigenvalue weighted by Gasteiger charge is -2.24. The van der Waals surface area contributed by atoms with Gasteiger partial charge in [0.05, 0.1) is 6.42 Å². The summed E-state index contributed by atoms with van der Waals surface area (Å²) in [5.74, 6) is -1.42. The van der Waals surface area contributed by atoms with Crippen molar-refractivity contribution in [3.05, 3.63) is 97.1 Å². The zero-order chi connectivity index (χ0) is 31.5. The average molecular weight is 599 g/mol. The van der Waals surface area contributed by atoms with Crippen molar-refractivity contribution < 1.29 is 38.5 Å². The van der Waals surface area contributed by atoms with Crippen molar-refractivity contribution in [2.24, 2.45) is 5.92 Å². The van der Waals surface area contributed by atoms with Crippen LogP contribution in [-0.4, -0.2) is 54.0 Å². The highest BCUT2D eigenvalue weighted by atomic mass is 16.5. The maximum Gasteiger partial charge on any atom is 0.305 e. The van der Waals surface area contributed by atoms with E-state index in [0.717, 1.165) is 10.8 Å². The van der Waals surface area contributed by atoms with E-state index < -0.39 is 48.7 Å². The molecule has 0 spiro atoms. The van der Waals surface area contributed by atoms with E-state index in [1.54, 1.807) is 44.2 Å². The van der Waals surface area contributed by atoms with Crippen LogP contribution in [0.4, 0.5) is 0 Å². The van der Waals surface area contributed by atoms with Crippen LogP contribution in [0, 0.1) is 5.92 Å². The smallest absolute Gasteiger partial charge is 0.305 e. The third kappa shape index (κ3) is 9.06. The standard InChI is InChI=1S/C34H34N2O8/c1-22(2)33(36-31(38)21-43-30-14-8-10-23-9-6-7-13-27(23)30)34(41)35-28(19-32(39)40)29(37)20-42-24-15-17-26(18-16-24)44-25-11-4-3-5-12-25/h3-18,22,28,33H,19-21H2,1-2H3,(H,35,41)(H,36,38)(H,39,40)/t28-,33-/m0/s1. The number of hydrogen-bond acceptors (Lipinski definition) is 7. The predicted molar refractivity (Wildman–Crippen MR) is 164 cm³/mol. The Hall–Kier alpha value is -5.38. The molecule has 4 rings (SSSR count). The third-order valence-corrected chi connectivity index (χ3v) is 6.64. The molecule has 0 saturated carbocycles. The van der Waals surface area contributed by atoms with Crippen molar-refractivity contribution in [3.8, 4) is 23.0 Å². The van der Waals surface area contributed by atoms with Gasteiger partial charge in [0.15, 0.2) is 12.4 Å². The minimum Gasteiger partial charge on any atom is -0.486 e. The second kappa shape index (κ2) is 15.2. The van der Waals surface area contributed by atoms with Crippen LogP contribution in [0.2, 0.25) is 0 Å². The Labute approximate surface area is 254 Å². The zero-order valence-electron chi connectivity index (χ0n) is 24.4. The molecular formula is C34H34N2O8. The topological polar surface area (TPSA) is 140 Å². The molecule has 228 valence electrons. The van der Waals surface area contributed by atoms with Crippen LogP contribution in [0.5, 0.6) is 23.0 Å². The molecule has 2 atom stereocenters. The summed E-state index contributed by atoms with van der Waals surface area (Å²) in [7, 11) is 0. The molecule has 2 amide bonds. The largest absolute Gasteiger partial charge is 0.486 e. The van der Waals surface area contributed by atoms with Crippen molar-refractivity contribution >= 4 is 34.3 Å². The molecule has 0 aliphatic carbocycles. The molecule has 0 unspecified atom stereocenters. The number of carboxylic acids is 1. The summed E-state index contributed by atoms with van der Waals surface area (Å²) < 4.78 is 17.0. The summed E-state index contributed by atoms with van der Waals surface area (Å²) in [5.41, 5.74) is 0. The maximum absolute atomic E-state index is 13.2. The molecule has 44 heavy (non-hydrogen) atoms. The first-order valence-electron chi connectivity index (χ1n) is 14.1. The number of carboxylic acid groups (broad SMARTS) is 1. The number of Topliss-reactive ketones (excluding diaryl/α,β-unsaturated/α-hetero) is 1. The summed E-state index contributed by atoms with van der Waals surface area (Å²) in [6.45, 7) is 2.62. The Kier molecular flexibility index (Phi) is 10.9. The maximum atomic E-state index is 13.2. The van der Waals surface area contributed by atoms with E-state index in [0.29, 0.717) is 23.0 Å². The van der Waals surface area contributed by atoms with Gasteiger partial charge in [-0.1, -0.05) is 68.4 Å². The van der Waals surface area contributed by atoms with Crippen molar-refractivity contribution in [2.45, 2.75) is 32.4 Å². The highest BCUT2D eigenvalue weighted by molar-refractivity contribution is 5.95. The van der Waals surface area contributed by atoms with Gasteiger partial charge in [0.25, 0.3) is 5.91 Å². The molecule has 0 fully saturated rings. The van der Waals surface area contributed by atoms with Crippen LogP contribution >= 0.6 is 0 Å². The van der Waals surface area contributed by atoms with Crippen molar-refractivity contribution in [1.29, 1.82) is 0 Å². The molecular weight excluding hydrogens is 564 g/mol. The second-order valence-electron chi connectivity index (χ2n) is 10.4. The van der Waals surface area contributed by atoms with E-state index in [1.165, 1.54) is 0 Å². The monoisotopic (exact) mass is 598 g/mol. The van der Waals surface area contributed by atoms with E-state index in [-0.39, 0.29) is 12.5 Å². The number of amides is 2. The Bertz CT molecular complexity index is 1580. The Morgan fingerprint density at radius 2 is 1.34 bits per heavy atom. The zero-order valence-corrected chi connectivity index (χ0v) is 24.4. The fourth-order valence-corrected chi connectivity index (χ4v) is 4.38. The van der Waals surface area contributed by atoms with Gasteiger partial charge in [0.2, 0.25) is 5.91 Å². The summed E-state index contributed by atoms with van der Waals surface area (Å²) in [6, 6.07) is 26.4. The molecule has 4 aromatic rings. The second-order valence-corrected chi connectivity index (χ2v) is 10.4. The molecule has 4 aromatic carbocycles. The van der Waals surface area contributed by atoms with E-state index >= 15 is 0 Å². The van der Waals surface area contributed by atoms with Crippen molar-refractivity contribution in [3.63, 3.8) is 0 Å². The Morgan fingerprint density at radius 3 is 2.05 bits per heavy atom. The van der Waals surface area contributed by atoms with Gasteiger partial charge in [0, 0.05) is 5.39 Å². The van der Waals surface area contributed by atoms with Crippen LogP contribution in [0.1, 0.15) is 20.3 Å². The number of carbonyl (C=O) groups is 4. The first-order chi connectivity index (χ1) is 21.2. The quantitative estimate of drug-likeness (QED) is 0.178. The first-order valence-corrected chi connectivity index (χ1v) is 14.1. The summed E-state index contributed by atoms with van der Waals surface area (Å²) in [5, 5.41) is 16.3. The van der Waals surface area contributed by atoms with Gasteiger partial charge in [-0.05, 0) is 53.8 Å². The lowest BCUT2D eigenvalue weighted by molar-refractivity contribution is -0.141. The molecule has 10 heteroatoms. The van der Waals surface area contributed by atoms with Gasteiger partial charge in [-0.3, -0.25) is 19.2 Å². The molecule has 0 bridgehead atoms. The summed E-state index contributed by atoms with van der Waals surface area (Å²) in [4.78, 5) is 50.4. The molecule has 0 heterocycles. The van der Waals surface area contributed by atoms with Gasteiger partial charge in [-0.15, -0.1) is 0 Å². The SMILES string of the molecule is CC(C)[C@H](NC(=O)COc1cccc2ccccc12)C(=O)N[C@@H](CC(=O)O)C(=O)COc1ccc(Oc2ccccc2)cc1.